The van der Waals surface area contributed by atoms with Crippen LogP contribution in [0.1, 0.15) is 29.2 Å². The van der Waals surface area contributed by atoms with Gasteiger partial charge in [0, 0.05) is 20.2 Å². The molecule has 1 N–H and O–H groups in total. The van der Waals surface area contributed by atoms with Crippen molar-refractivity contribution in [2.45, 2.75) is 29.9 Å². The summed E-state index contributed by atoms with van der Waals surface area (Å²) < 4.78 is 11.0. The SMILES string of the molecule is COC1CCCN(C(=O)c2ccc(CSc3ncn[nH]3)o2)C1. The van der Waals surface area contributed by atoms with E-state index in [1.54, 1.807) is 18.1 Å². The van der Waals surface area contributed by atoms with E-state index in [2.05, 4.69) is 15.2 Å². The number of thioether (sulfide) groups is 1. The number of piperidine rings is 1. The van der Waals surface area contributed by atoms with Gasteiger partial charge in [0.1, 0.15) is 12.1 Å². The number of ether oxygens (including phenoxy) is 1. The van der Waals surface area contributed by atoms with Gasteiger partial charge in [-0.2, -0.15) is 5.10 Å². The van der Waals surface area contributed by atoms with E-state index < -0.39 is 0 Å². The second-order valence-corrected chi connectivity index (χ2v) is 6.06. The van der Waals surface area contributed by atoms with Crippen molar-refractivity contribution in [1.29, 1.82) is 0 Å². The first kappa shape index (κ1) is 15.1. The first-order valence-corrected chi connectivity index (χ1v) is 8.14. The van der Waals surface area contributed by atoms with E-state index in [1.165, 1.54) is 18.1 Å². The molecular weight excluding hydrogens is 304 g/mol. The summed E-state index contributed by atoms with van der Waals surface area (Å²) in [7, 11) is 1.68. The fourth-order valence-corrected chi connectivity index (χ4v) is 3.12. The Labute approximate surface area is 132 Å². The average molecular weight is 322 g/mol. The van der Waals surface area contributed by atoms with Crippen LogP contribution in [-0.4, -0.2) is 52.3 Å². The van der Waals surface area contributed by atoms with Gasteiger partial charge in [0.2, 0.25) is 0 Å². The van der Waals surface area contributed by atoms with Crippen LogP contribution in [0.2, 0.25) is 0 Å². The molecule has 2 aromatic rings. The van der Waals surface area contributed by atoms with Crippen LogP contribution in [0.5, 0.6) is 0 Å². The molecule has 7 nitrogen and oxygen atoms in total. The van der Waals surface area contributed by atoms with E-state index in [-0.39, 0.29) is 12.0 Å². The Morgan fingerprint density at radius 1 is 1.59 bits per heavy atom. The van der Waals surface area contributed by atoms with Crippen LogP contribution in [-0.2, 0) is 10.5 Å². The van der Waals surface area contributed by atoms with Crippen molar-refractivity contribution in [3.05, 3.63) is 30.0 Å². The maximum absolute atomic E-state index is 12.4. The highest BCUT2D eigenvalue weighted by Crippen LogP contribution is 2.22. The van der Waals surface area contributed by atoms with Crippen LogP contribution < -0.4 is 0 Å². The number of nitrogens with one attached hydrogen (secondary N) is 1. The maximum atomic E-state index is 12.4. The van der Waals surface area contributed by atoms with Crippen LogP contribution in [0.3, 0.4) is 0 Å². The zero-order chi connectivity index (χ0) is 15.4. The molecular formula is C14H18N4O3S. The van der Waals surface area contributed by atoms with Crippen LogP contribution in [0.4, 0.5) is 0 Å². The first-order chi connectivity index (χ1) is 10.8. The minimum atomic E-state index is -0.0716. The van der Waals surface area contributed by atoms with Crippen molar-refractivity contribution in [3.63, 3.8) is 0 Å². The number of nitrogens with zero attached hydrogens (tertiary/aromatic N) is 3. The van der Waals surface area contributed by atoms with Crippen LogP contribution in [0.25, 0.3) is 0 Å². The fourth-order valence-electron chi connectivity index (χ4n) is 2.44. The molecule has 0 saturated carbocycles. The molecule has 118 valence electrons. The quantitative estimate of drug-likeness (QED) is 0.847. The Balaban J connectivity index is 1.59. The molecule has 22 heavy (non-hydrogen) atoms. The molecule has 0 bridgehead atoms. The summed E-state index contributed by atoms with van der Waals surface area (Å²) in [6.45, 7) is 1.37. The highest BCUT2D eigenvalue weighted by Gasteiger charge is 2.26. The van der Waals surface area contributed by atoms with Gasteiger partial charge in [0.05, 0.1) is 11.9 Å². The number of carbonyl (C=O) groups excluding carboxylic acids is 1. The van der Waals surface area contributed by atoms with E-state index in [0.717, 1.165) is 30.3 Å². The largest absolute Gasteiger partial charge is 0.455 e. The van der Waals surface area contributed by atoms with Crippen molar-refractivity contribution in [2.75, 3.05) is 20.2 Å². The van der Waals surface area contributed by atoms with Gasteiger partial charge in [0.15, 0.2) is 10.9 Å². The molecule has 0 spiro atoms. The van der Waals surface area contributed by atoms with Gasteiger partial charge in [0.25, 0.3) is 5.91 Å². The number of hydrogen-bond donors (Lipinski definition) is 1. The summed E-state index contributed by atoms with van der Waals surface area (Å²) >= 11 is 1.48. The van der Waals surface area contributed by atoms with Crippen molar-refractivity contribution in [3.8, 4) is 0 Å². The lowest BCUT2D eigenvalue weighted by atomic mass is 10.1. The van der Waals surface area contributed by atoms with Gasteiger partial charge in [-0.05, 0) is 25.0 Å². The molecule has 1 atom stereocenters. The van der Waals surface area contributed by atoms with E-state index in [1.807, 2.05) is 6.07 Å². The smallest absolute Gasteiger partial charge is 0.289 e. The monoisotopic (exact) mass is 322 g/mol. The van der Waals surface area contributed by atoms with Gasteiger partial charge in [-0.25, -0.2) is 4.98 Å². The first-order valence-electron chi connectivity index (χ1n) is 7.15. The molecule has 0 aromatic carbocycles. The van der Waals surface area contributed by atoms with Crippen molar-refractivity contribution in [1.82, 2.24) is 20.1 Å². The van der Waals surface area contributed by atoms with Crippen LogP contribution in [0, 0.1) is 0 Å². The standard InChI is InChI=1S/C14H18N4O3S/c1-20-10-3-2-6-18(7-10)13(19)12-5-4-11(21-12)8-22-14-15-9-16-17-14/h4-5,9-10H,2-3,6-8H2,1H3,(H,15,16,17). The van der Waals surface area contributed by atoms with Crippen LogP contribution >= 0.6 is 11.8 Å². The number of aromatic nitrogens is 3. The molecule has 0 aliphatic carbocycles. The minimum Gasteiger partial charge on any atom is -0.455 e. The highest BCUT2D eigenvalue weighted by molar-refractivity contribution is 7.98. The molecule has 1 unspecified atom stereocenters. The van der Waals surface area contributed by atoms with Crippen molar-refractivity contribution >= 4 is 17.7 Å². The van der Waals surface area contributed by atoms with Gasteiger partial charge < -0.3 is 14.1 Å². The summed E-state index contributed by atoms with van der Waals surface area (Å²) in [5.74, 6) is 1.65. The fraction of sp³-hybridized carbons (Fsp3) is 0.500. The Bertz CT molecular complexity index is 613. The number of carbonyl (C=O) groups is 1. The Kier molecular flexibility index (Phi) is 4.79. The molecule has 1 amide bonds. The van der Waals surface area contributed by atoms with E-state index >= 15 is 0 Å². The number of H-pyrrole nitrogens is 1. The summed E-state index contributed by atoms with van der Waals surface area (Å²) in [4.78, 5) is 18.3. The predicted octanol–water partition coefficient (Wildman–Crippen LogP) is 1.94. The third kappa shape index (κ3) is 3.50. The average Bonchev–Trinajstić information content (AvgIpc) is 3.23. The summed E-state index contributed by atoms with van der Waals surface area (Å²) in [6, 6.07) is 3.56. The Morgan fingerprint density at radius 3 is 3.27 bits per heavy atom. The minimum absolute atomic E-state index is 0.0716. The third-order valence-corrected chi connectivity index (χ3v) is 4.51. The number of furan rings is 1. The molecule has 1 fully saturated rings. The molecule has 1 aliphatic rings. The molecule has 1 saturated heterocycles. The van der Waals surface area contributed by atoms with Gasteiger partial charge in [-0.15, -0.1) is 0 Å². The number of aromatic amines is 1. The van der Waals surface area contributed by atoms with Crippen molar-refractivity contribution in [2.24, 2.45) is 0 Å². The zero-order valence-electron chi connectivity index (χ0n) is 12.3. The summed E-state index contributed by atoms with van der Waals surface area (Å²) in [5, 5.41) is 7.28. The molecule has 0 radical (unpaired) electrons. The molecule has 1 aliphatic heterocycles. The lowest BCUT2D eigenvalue weighted by molar-refractivity contribution is 0.0252. The second-order valence-electron chi connectivity index (χ2n) is 5.10. The number of amides is 1. The van der Waals surface area contributed by atoms with E-state index in [0.29, 0.717) is 18.1 Å². The summed E-state index contributed by atoms with van der Waals surface area (Å²) in [5.41, 5.74) is 0. The van der Waals surface area contributed by atoms with E-state index in [4.69, 9.17) is 9.15 Å². The van der Waals surface area contributed by atoms with Crippen molar-refractivity contribution < 1.29 is 13.9 Å². The molecule has 8 heteroatoms. The van der Waals surface area contributed by atoms with Gasteiger partial charge in [-0.3, -0.25) is 9.89 Å². The molecule has 3 rings (SSSR count). The molecule has 3 heterocycles. The second kappa shape index (κ2) is 6.97. The van der Waals surface area contributed by atoms with Gasteiger partial charge in [-0.1, -0.05) is 11.8 Å². The number of rotatable bonds is 5. The topological polar surface area (TPSA) is 84.2 Å². The zero-order valence-corrected chi connectivity index (χ0v) is 13.1. The maximum Gasteiger partial charge on any atom is 0.289 e. The van der Waals surface area contributed by atoms with Crippen LogP contribution in [0.15, 0.2) is 28.0 Å². The van der Waals surface area contributed by atoms with Gasteiger partial charge >= 0.3 is 0 Å². The predicted molar refractivity (Wildman–Crippen MR) is 80.6 cm³/mol. The lowest BCUT2D eigenvalue weighted by Crippen LogP contribution is -2.42. The highest BCUT2D eigenvalue weighted by atomic mass is 32.2. The van der Waals surface area contributed by atoms with E-state index in [9.17, 15) is 4.79 Å². The molecule has 2 aromatic heterocycles. The number of methoxy groups -OCH3 is 1. The third-order valence-electron chi connectivity index (χ3n) is 3.62. The number of likely N-dealkylation sites (tertiary alicyclic amines) is 1. The summed E-state index contributed by atoms with van der Waals surface area (Å²) in [6.07, 6.45) is 3.53. The lowest BCUT2D eigenvalue weighted by Gasteiger charge is -2.31. The normalized spacial score (nSPS) is 18.6. The Morgan fingerprint density at radius 2 is 2.50 bits per heavy atom. The Hall–Kier alpha value is -1.80. The number of hydrogen-bond acceptors (Lipinski definition) is 6.